The van der Waals surface area contributed by atoms with Gasteiger partial charge in [-0.1, -0.05) is 82.9 Å². The summed E-state index contributed by atoms with van der Waals surface area (Å²) in [5.74, 6) is 0. The smallest absolute Gasteiger partial charge is 0.266 e. The SMILES string of the molecule is CCCCCCCCCCCCOS(=O)(=O)c1[c]cccc1. The topological polar surface area (TPSA) is 43.4 Å². The average molecular weight is 325 g/mol. The highest BCUT2D eigenvalue weighted by atomic mass is 32.2. The molecule has 0 amide bonds. The summed E-state index contributed by atoms with van der Waals surface area (Å²) in [6.07, 6.45) is 12.2. The number of benzene rings is 1. The van der Waals surface area contributed by atoms with Gasteiger partial charge in [0.1, 0.15) is 4.90 Å². The second-order valence-electron chi connectivity index (χ2n) is 5.68. The van der Waals surface area contributed by atoms with Gasteiger partial charge in [-0.3, -0.25) is 4.18 Å². The first kappa shape index (κ1) is 19.2. The minimum atomic E-state index is -3.63. The molecule has 0 saturated carbocycles. The van der Waals surface area contributed by atoms with E-state index in [2.05, 4.69) is 13.0 Å². The Morgan fingerprint density at radius 3 is 2.05 bits per heavy atom. The molecule has 125 valence electrons. The molecule has 0 aliphatic heterocycles. The van der Waals surface area contributed by atoms with Crippen molar-refractivity contribution in [3.8, 4) is 0 Å². The van der Waals surface area contributed by atoms with Crippen LogP contribution in [-0.2, 0) is 14.3 Å². The van der Waals surface area contributed by atoms with Gasteiger partial charge in [-0.25, -0.2) is 0 Å². The van der Waals surface area contributed by atoms with Crippen LogP contribution < -0.4 is 0 Å². The van der Waals surface area contributed by atoms with Crippen LogP contribution in [0, 0.1) is 6.07 Å². The maximum atomic E-state index is 11.8. The molecule has 0 bridgehead atoms. The lowest BCUT2D eigenvalue weighted by atomic mass is 10.1. The van der Waals surface area contributed by atoms with E-state index in [1.54, 1.807) is 18.2 Å². The second kappa shape index (κ2) is 11.7. The van der Waals surface area contributed by atoms with Crippen molar-refractivity contribution in [2.24, 2.45) is 0 Å². The van der Waals surface area contributed by atoms with Crippen molar-refractivity contribution in [3.05, 3.63) is 30.3 Å². The molecule has 1 radical (unpaired) electrons. The van der Waals surface area contributed by atoms with E-state index in [4.69, 9.17) is 4.18 Å². The minimum Gasteiger partial charge on any atom is -0.266 e. The van der Waals surface area contributed by atoms with E-state index < -0.39 is 10.1 Å². The Morgan fingerprint density at radius 1 is 0.909 bits per heavy atom. The van der Waals surface area contributed by atoms with E-state index in [1.165, 1.54) is 51.0 Å². The van der Waals surface area contributed by atoms with Gasteiger partial charge in [-0.15, -0.1) is 0 Å². The van der Waals surface area contributed by atoms with Crippen molar-refractivity contribution in [3.63, 3.8) is 0 Å². The lowest BCUT2D eigenvalue weighted by molar-refractivity contribution is 0.306. The van der Waals surface area contributed by atoms with Crippen LogP contribution >= 0.6 is 0 Å². The van der Waals surface area contributed by atoms with E-state index in [9.17, 15) is 8.42 Å². The second-order valence-corrected chi connectivity index (χ2v) is 7.27. The lowest BCUT2D eigenvalue weighted by Gasteiger charge is -2.05. The Balaban J connectivity index is 1.99. The molecule has 0 fully saturated rings. The number of hydrogen-bond acceptors (Lipinski definition) is 3. The van der Waals surface area contributed by atoms with Crippen LogP contribution in [0.3, 0.4) is 0 Å². The van der Waals surface area contributed by atoms with E-state index in [0.717, 1.165) is 19.3 Å². The number of hydrogen-bond donors (Lipinski definition) is 0. The van der Waals surface area contributed by atoms with E-state index in [0.29, 0.717) is 0 Å². The predicted molar refractivity (Wildman–Crippen MR) is 90.3 cm³/mol. The molecule has 0 atom stereocenters. The molecule has 0 aliphatic rings. The lowest BCUT2D eigenvalue weighted by Crippen LogP contribution is -2.07. The van der Waals surface area contributed by atoms with Crippen LogP contribution in [0.4, 0.5) is 0 Å². The van der Waals surface area contributed by atoms with Crippen molar-refractivity contribution in [2.75, 3.05) is 6.61 Å². The summed E-state index contributed by atoms with van der Waals surface area (Å²) in [5, 5.41) is 0. The fourth-order valence-electron chi connectivity index (χ4n) is 2.35. The molecule has 0 aliphatic carbocycles. The third-order valence-electron chi connectivity index (χ3n) is 3.69. The first-order valence-electron chi connectivity index (χ1n) is 8.53. The fourth-order valence-corrected chi connectivity index (χ4v) is 3.28. The van der Waals surface area contributed by atoms with Crippen molar-refractivity contribution in [1.82, 2.24) is 0 Å². The number of unbranched alkanes of at least 4 members (excludes halogenated alkanes) is 9. The first-order valence-corrected chi connectivity index (χ1v) is 9.94. The highest BCUT2D eigenvalue weighted by Crippen LogP contribution is 2.13. The summed E-state index contributed by atoms with van der Waals surface area (Å²) in [7, 11) is -3.63. The van der Waals surface area contributed by atoms with Crippen LogP contribution in [0.5, 0.6) is 0 Å². The van der Waals surface area contributed by atoms with Crippen molar-refractivity contribution < 1.29 is 12.6 Å². The molecule has 0 unspecified atom stereocenters. The Kier molecular flexibility index (Phi) is 10.2. The fraction of sp³-hybridized carbons (Fsp3) is 0.667. The van der Waals surface area contributed by atoms with Gasteiger partial charge in [-0.2, -0.15) is 8.42 Å². The van der Waals surface area contributed by atoms with Gasteiger partial charge in [0.15, 0.2) is 0 Å². The van der Waals surface area contributed by atoms with Gasteiger partial charge < -0.3 is 0 Å². The Labute approximate surface area is 136 Å². The molecule has 0 aromatic heterocycles. The standard InChI is InChI=1S/C18H29O3S/c1-2-3-4-5-6-7-8-9-10-14-17-21-22(19,20)18-15-12-11-13-16-18/h11-13,15H,2-10,14,17H2,1H3. The largest absolute Gasteiger partial charge is 0.297 e. The van der Waals surface area contributed by atoms with Crippen LogP contribution in [0.15, 0.2) is 29.2 Å². The van der Waals surface area contributed by atoms with E-state index in [1.807, 2.05) is 0 Å². The van der Waals surface area contributed by atoms with Gasteiger partial charge in [-0.05, 0) is 12.5 Å². The Bertz CT molecular complexity index is 468. The van der Waals surface area contributed by atoms with Crippen LogP contribution in [-0.4, -0.2) is 15.0 Å². The molecule has 4 heteroatoms. The molecule has 1 aromatic rings. The van der Waals surface area contributed by atoms with Crippen LogP contribution in [0.1, 0.15) is 71.1 Å². The van der Waals surface area contributed by atoms with Crippen molar-refractivity contribution >= 4 is 10.1 Å². The summed E-state index contributed by atoms with van der Waals surface area (Å²) < 4.78 is 28.7. The van der Waals surface area contributed by atoms with Gasteiger partial charge >= 0.3 is 0 Å². The monoisotopic (exact) mass is 325 g/mol. The Hall–Kier alpha value is -0.870. The third kappa shape index (κ3) is 8.54. The van der Waals surface area contributed by atoms with Crippen molar-refractivity contribution in [2.45, 2.75) is 76.0 Å². The zero-order valence-electron chi connectivity index (χ0n) is 13.7. The zero-order chi connectivity index (χ0) is 16.1. The summed E-state index contributed by atoms with van der Waals surface area (Å²) >= 11 is 0. The van der Waals surface area contributed by atoms with Crippen LogP contribution in [0.2, 0.25) is 0 Å². The van der Waals surface area contributed by atoms with Gasteiger partial charge in [0, 0.05) is 6.07 Å². The van der Waals surface area contributed by atoms with Crippen LogP contribution in [0.25, 0.3) is 0 Å². The molecule has 0 spiro atoms. The molecular weight excluding hydrogens is 296 g/mol. The molecule has 1 rings (SSSR count). The van der Waals surface area contributed by atoms with E-state index in [-0.39, 0.29) is 11.5 Å². The summed E-state index contributed by atoms with van der Waals surface area (Å²) in [5.41, 5.74) is 0. The minimum absolute atomic E-state index is 0.113. The molecule has 1 aromatic carbocycles. The maximum Gasteiger partial charge on any atom is 0.297 e. The molecule has 0 saturated heterocycles. The molecule has 3 nitrogen and oxygen atoms in total. The Morgan fingerprint density at radius 2 is 1.50 bits per heavy atom. The number of rotatable bonds is 13. The quantitative estimate of drug-likeness (QED) is 0.374. The average Bonchev–Trinajstić information content (AvgIpc) is 2.53. The zero-order valence-corrected chi connectivity index (χ0v) is 14.5. The normalized spacial score (nSPS) is 11.7. The molecule has 0 heterocycles. The first-order chi connectivity index (χ1) is 10.7. The van der Waals surface area contributed by atoms with Gasteiger partial charge in [0.2, 0.25) is 0 Å². The predicted octanol–water partition coefficient (Wildman–Crippen LogP) is 5.11. The molecular formula is C18H29O3S. The van der Waals surface area contributed by atoms with Crippen molar-refractivity contribution in [1.29, 1.82) is 0 Å². The summed E-state index contributed by atoms with van der Waals surface area (Å²) in [6, 6.07) is 9.18. The highest BCUT2D eigenvalue weighted by molar-refractivity contribution is 7.86. The molecule has 22 heavy (non-hydrogen) atoms. The summed E-state index contributed by atoms with van der Waals surface area (Å²) in [4.78, 5) is 0.113. The van der Waals surface area contributed by atoms with Gasteiger partial charge in [0.05, 0.1) is 6.61 Å². The third-order valence-corrected chi connectivity index (χ3v) is 4.96. The highest BCUT2D eigenvalue weighted by Gasteiger charge is 2.13. The van der Waals surface area contributed by atoms with Gasteiger partial charge in [0.25, 0.3) is 10.1 Å². The maximum absolute atomic E-state index is 11.8. The molecule has 0 N–H and O–H groups in total. The van der Waals surface area contributed by atoms with E-state index >= 15 is 0 Å². The summed E-state index contributed by atoms with van der Waals surface area (Å²) in [6.45, 7) is 2.50.